The Labute approximate surface area is 171 Å². The van der Waals surface area contributed by atoms with Gasteiger partial charge in [-0.05, 0) is 18.2 Å². The number of carbonyl (C=O) groups excluding carboxylic acids is 1. The molecule has 3 rings (SSSR count). The van der Waals surface area contributed by atoms with E-state index in [2.05, 4.69) is 9.80 Å². The molecule has 2 aromatic carbocycles. The number of hydrogen-bond acceptors (Lipinski definition) is 9. The first-order valence-corrected chi connectivity index (χ1v) is 9.21. The van der Waals surface area contributed by atoms with Gasteiger partial charge in [0.1, 0.15) is 0 Å². The summed E-state index contributed by atoms with van der Waals surface area (Å²) < 4.78 is 0. The fraction of sp³-hybridized carbons (Fsp3) is 0.316. The van der Waals surface area contributed by atoms with Gasteiger partial charge in [0.25, 0.3) is 5.69 Å². The van der Waals surface area contributed by atoms with Crippen LogP contribution in [0.1, 0.15) is 16.8 Å². The minimum absolute atomic E-state index is 0.0264. The van der Waals surface area contributed by atoms with Crippen molar-refractivity contribution in [2.24, 2.45) is 0 Å². The highest BCUT2D eigenvalue weighted by Crippen LogP contribution is 2.36. The molecule has 1 saturated heterocycles. The molecule has 0 saturated carbocycles. The fourth-order valence-electron chi connectivity index (χ4n) is 3.32. The number of hydrogen-bond donors (Lipinski definition) is 2. The van der Waals surface area contributed by atoms with Crippen LogP contribution in [0, 0.1) is 20.2 Å². The number of piperazine rings is 1. The van der Waals surface area contributed by atoms with Crippen LogP contribution in [0.3, 0.4) is 0 Å². The van der Waals surface area contributed by atoms with Crippen LogP contribution in [-0.2, 0) is 0 Å². The largest absolute Gasteiger partial charge is 0.504 e. The molecule has 0 aromatic heterocycles. The minimum Gasteiger partial charge on any atom is -0.504 e. The Bertz CT molecular complexity index is 970. The molecule has 0 amide bonds. The Morgan fingerprint density at radius 3 is 2.17 bits per heavy atom. The molecule has 2 aromatic rings. The predicted octanol–water partition coefficient (Wildman–Crippen LogP) is 2.31. The van der Waals surface area contributed by atoms with Crippen molar-refractivity contribution in [3.63, 3.8) is 0 Å². The number of benzene rings is 2. The number of anilines is 1. The summed E-state index contributed by atoms with van der Waals surface area (Å²) in [5, 5.41) is 40.8. The zero-order valence-electron chi connectivity index (χ0n) is 15.9. The van der Waals surface area contributed by atoms with Gasteiger partial charge >= 0.3 is 5.69 Å². The number of ketones is 1. The summed E-state index contributed by atoms with van der Waals surface area (Å²) in [5.74, 6) is -1.94. The maximum absolute atomic E-state index is 12.4. The van der Waals surface area contributed by atoms with Crippen molar-refractivity contribution in [2.45, 2.75) is 6.42 Å². The lowest BCUT2D eigenvalue weighted by molar-refractivity contribution is -0.386. The molecule has 0 bridgehead atoms. The van der Waals surface area contributed by atoms with E-state index in [0.29, 0.717) is 32.7 Å². The molecule has 11 nitrogen and oxygen atoms in total. The molecule has 1 aliphatic rings. The smallest absolute Gasteiger partial charge is 0.315 e. The van der Waals surface area contributed by atoms with Crippen LogP contribution in [0.25, 0.3) is 0 Å². The summed E-state index contributed by atoms with van der Waals surface area (Å²) in [6.07, 6.45) is 0.110. The van der Waals surface area contributed by atoms with E-state index in [1.165, 1.54) is 12.1 Å². The topological polar surface area (TPSA) is 150 Å². The molecule has 158 valence electrons. The lowest BCUT2D eigenvalue weighted by Gasteiger charge is -2.36. The van der Waals surface area contributed by atoms with Crippen molar-refractivity contribution in [3.8, 4) is 11.5 Å². The van der Waals surface area contributed by atoms with E-state index in [9.17, 15) is 35.2 Å². The van der Waals surface area contributed by atoms with Gasteiger partial charge in [0, 0.05) is 68.6 Å². The second-order valence-corrected chi connectivity index (χ2v) is 6.90. The zero-order valence-corrected chi connectivity index (χ0v) is 15.9. The Hall–Kier alpha value is -3.73. The lowest BCUT2D eigenvalue weighted by Crippen LogP contribution is -2.46. The van der Waals surface area contributed by atoms with Crippen molar-refractivity contribution in [1.82, 2.24) is 4.90 Å². The number of non-ortho nitro benzene ring substituents is 1. The molecule has 0 unspecified atom stereocenters. The molecule has 1 heterocycles. The molecular formula is C19H20N4O7. The Morgan fingerprint density at radius 2 is 1.60 bits per heavy atom. The number of Topliss-reactive ketones (excluding diaryl/α,β-unsaturated/α-hetero) is 1. The van der Waals surface area contributed by atoms with Crippen LogP contribution in [-0.4, -0.2) is 63.5 Å². The first-order chi connectivity index (χ1) is 14.3. The summed E-state index contributed by atoms with van der Waals surface area (Å²) in [7, 11) is 0. The highest BCUT2D eigenvalue weighted by atomic mass is 16.6. The van der Waals surface area contributed by atoms with Gasteiger partial charge in [-0.15, -0.1) is 0 Å². The highest BCUT2D eigenvalue weighted by molar-refractivity contribution is 5.97. The van der Waals surface area contributed by atoms with E-state index in [4.69, 9.17) is 0 Å². The standard InChI is InChI=1S/C19H20N4O7/c24-17(13-11-16(23(29)30)19(26)18(25)12-13)5-6-20-7-9-21(10-8-20)14-1-3-15(4-2-14)22(27)28/h1-4,11-12,25-26H,5-10H2. The van der Waals surface area contributed by atoms with Gasteiger partial charge in [0.2, 0.25) is 5.75 Å². The molecule has 0 aliphatic carbocycles. The van der Waals surface area contributed by atoms with Crippen LogP contribution in [0.5, 0.6) is 11.5 Å². The van der Waals surface area contributed by atoms with E-state index in [-0.39, 0.29) is 23.5 Å². The molecule has 1 fully saturated rings. The lowest BCUT2D eigenvalue weighted by atomic mass is 10.1. The van der Waals surface area contributed by atoms with Crippen molar-refractivity contribution in [1.29, 1.82) is 0 Å². The second-order valence-electron chi connectivity index (χ2n) is 6.90. The Balaban J connectivity index is 1.54. The van der Waals surface area contributed by atoms with E-state index < -0.39 is 27.0 Å². The van der Waals surface area contributed by atoms with E-state index >= 15 is 0 Å². The quantitative estimate of drug-likeness (QED) is 0.300. The van der Waals surface area contributed by atoms with Crippen molar-refractivity contribution >= 4 is 22.8 Å². The summed E-state index contributed by atoms with van der Waals surface area (Å²) in [6, 6.07) is 8.34. The number of nitrogens with zero attached hydrogens (tertiary/aromatic N) is 4. The summed E-state index contributed by atoms with van der Waals surface area (Å²) in [6.45, 7) is 3.20. The monoisotopic (exact) mass is 416 g/mol. The first kappa shape index (κ1) is 21.0. The van der Waals surface area contributed by atoms with Crippen molar-refractivity contribution in [2.75, 3.05) is 37.6 Å². The molecule has 11 heteroatoms. The van der Waals surface area contributed by atoms with Crippen LogP contribution < -0.4 is 4.90 Å². The average Bonchev–Trinajstić information content (AvgIpc) is 2.74. The molecule has 0 spiro atoms. The number of aromatic hydroxyl groups is 2. The van der Waals surface area contributed by atoms with Gasteiger partial charge in [-0.2, -0.15) is 0 Å². The second kappa shape index (κ2) is 8.74. The number of nitro benzene ring substituents is 2. The first-order valence-electron chi connectivity index (χ1n) is 9.21. The number of phenols is 2. The number of phenolic OH excluding ortho intramolecular Hbond substituents is 2. The van der Waals surface area contributed by atoms with Crippen LogP contribution in [0.2, 0.25) is 0 Å². The SMILES string of the molecule is O=C(CCN1CCN(c2ccc([N+](=O)[O-])cc2)CC1)c1cc(O)c(O)c([N+](=O)[O-])c1. The van der Waals surface area contributed by atoms with E-state index in [0.717, 1.165) is 17.8 Å². The maximum atomic E-state index is 12.4. The third kappa shape index (κ3) is 4.63. The predicted molar refractivity (Wildman–Crippen MR) is 107 cm³/mol. The normalized spacial score (nSPS) is 14.5. The summed E-state index contributed by atoms with van der Waals surface area (Å²) in [4.78, 5) is 36.9. The van der Waals surface area contributed by atoms with Crippen LogP contribution >= 0.6 is 0 Å². The minimum atomic E-state index is -0.862. The van der Waals surface area contributed by atoms with Crippen molar-refractivity contribution < 1.29 is 24.9 Å². The van der Waals surface area contributed by atoms with Gasteiger partial charge in [0.05, 0.1) is 9.85 Å². The van der Waals surface area contributed by atoms with E-state index in [1.807, 2.05) is 0 Å². The number of carbonyl (C=O) groups is 1. The molecule has 0 radical (unpaired) electrons. The number of rotatable bonds is 7. The van der Waals surface area contributed by atoms with Gasteiger partial charge in [0.15, 0.2) is 11.5 Å². The van der Waals surface area contributed by atoms with Crippen LogP contribution in [0.4, 0.5) is 17.1 Å². The van der Waals surface area contributed by atoms with Gasteiger partial charge in [-0.3, -0.25) is 29.9 Å². The Morgan fingerprint density at radius 1 is 0.967 bits per heavy atom. The average molecular weight is 416 g/mol. The zero-order chi connectivity index (χ0) is 21.8. The maximum Gasteiger partial charge on any atom is 0.315 e. The fourth-order valence-corrected chi connectivity index (χ4v) is 3.32. The summed E-state index contributed by atoms with van der Waals surface area (Å²) >= 11 is 0. The molecule has 0 atom stereocenters. The summed E-state index contributed by atoms with van der Waals surface area (Å²) in [5.41, 5.74) is 0.191. The van der Waals surface area contributed by atoms with Gasteiger partial charge in [-0.1, -0.05) is 0 Å². The van der Waals surface area contributed by atoms with Gasteiger partial charge in [-0.25, -0.2) is 0 Å². The molecule has 2 N–H and O–H groups in total. The molecule has 1 aliphatic heterocycles. The molecule has 30 heavy (non-hydrogen) atoms. The highest BCUT2D eigenvalue weighted by Gasteiger charge is 2.23. The van der Waals surface area contributed by atoms with E-state index in [1.54, 1.807) is 12.1 Å². The van der Waals surface area contributed by atoms with Gasteiger partial charge < -0.3 is 15.1 Å². The van der Waals surface area contributed by atoms with Crippen LogP contribution in [0.15, 0.2) is 36.4 Å². The third-order valence-corrected chi connectivity index (χ3v) is 5.04. The third-order valence-electron chi connectivity index (χ3n) is 5.04. The van der Waals surface area contributed by atoms with Crippen molar-refractivity contribution in [3.05, 3.63) is 62.2 Å². The number of nitro groups is 2. The molecular weight excluding hydrogens is 396 g/mol. The Kier molecular flexibility index (Phi) is 6.11.